The van der Waals surface area contributed by atoms with Crippen LogP contribution >= 0.6 is 15.9 Å². The maximum Gasteiger partial charge on any atom is 0.0253 e. The molecular formula is C16H11Br. The highest BCUT2D eigenvalue weighted by Gasteiger charge is 2.01. The lowest BCUT2D eigenvalue weighted by atomic mass is 10.0. The zero-order chi connectivity index (χ0) is 11.7. The van der Waals surface area contributed by atoms with Gasteiger partial charge in [-0.2, -0.15) is 0 Å². The van der Waals surface area contributed by atoms with Crippen molar-refractivity contribution in [3.8, 4) is 11.1 Å². The molecule has 0 nitrogen and oxygen atoms in total. The molecule has 0 aliphatic heterocycles. The molecule has 0 radical (unpaired) electrons. The van der Waals surface area contributed by atoms with Gasteiger partial charge in [0.1, 0.15) is 0 Å². The first-order chi connectivity index (χ1) is 8.34. The van der Waals surface area contributed by atoms with E-state index in [1.807, 2.05) is 6.07 Å². The summed E-state index contributed by atoms with van der Waals surface area (Å²) in [6.45, 7) is 0. The van der Waals surface area contributed by atoms with Crippen LogP contribution in [-0.2, 0) is 0 Å². The molecule has 17 heavy (non-hydrogen) atoms. The number of rotatable bonds is 1. The Morgan fingerprint density at radius 3 is 2.29 bits per heavy atom. The van der Waals surface area contributed by atoms with Crippen molar-refractivity contribution in [2.24, 2.45) is 0 Å². The van der Waals surface area contributed by atoms with Gasteiger partial charge in [0.25, 0.3) is 0 Å². The molecule has 0 fully saturated rings. The van der Waals surface area contributed by atoms with Crippen LogP contribution < -0.4 is 0 Å². The standard InChI is InChI=1S/C16H11Br/c17-16-8-4-7-13-9-10-14(11-15(13)16)12-5-2-1-3-6-12/h1-11H. The van der Waals surface area contributed by atoms with Gasteiger partial charge in [-0.05, 0) is 34.0 Å². The predicted octanol–water partition coefficient (Wildman–Crippen LogP) is 5.27. The summed E-state index contributed by atoms with van der Waals surface area (Å²) in [5.74, 6) is 0. The van der Waals surface area contributed by atoms with Crippen LogP contribution in [0.1, 0.15) is 0 Å². The molecule has 0 saturated heterocycles. The Labute approximate surface area is 109 Å². The molecule has 0 aliphatic carbocycles. The average molecular weight is 283 g/mol. The van der Waals surface area contributed by atoms with Gasteiger partial charge in [0, 0.05) is 4.47 Å². The molecule has 0 N–H and O–H groups in total. The van der Waals surface area contributed by atoms with Crippen molar-refractivity contribution in [3.63, 3.8) is 0 Å². The first kappa shape index (κ1) is 10.5. The summed E-state index contributed by atoms with van der Waals surface area (Å²) >= 11 is 3.60. The van der Waals surface area contributed by atoms with Crippen LogP contribution in [0.15, 0.2) is 71.2 Å². The minimum atomic E-state index is 1.15. The molecule has 0 heterocycles. The zero-order valence-electron chi connectivity index (χ0n) is 9.23. The molecule has 3 rings (SSSR count). The SMILES string of the molecule is Brc1cccc2ccc(-c3ccccc3)cc12. The van der Waals surface area contributed by atoms with Gasteiger partial charge in [-0.15, -0.1) is 0 Å². The van der Waals surface area contributed by atoms with Gasteiger partial charge in [0.2, 0.25) is 0 Å². The monoisotopic (exact) mass is 282 g/mol. The van der Waals surface area contributed by atoms with Gasteiger partial charge >= 0.3 is 0 Å². The summed E-state index contributed by atoms with van der Waals surface area (Å²) in [5, 5.41) is 2.52. The van der Waals surface area contributed by atoms with Crippen LogP contribution in [0.5, 0.6) is 0 Å². The van der Waals surface area contributed by atoms with Gasteiger partial charge in [-0.3, -0.25) is 0 Å². The second-order valence-electron chi connectivity index (χ2n) is 4.04. The van der Waals surface area contributed by atoms with Crippen LogP contribution in [0.25, 0.3) is 21.9 Å². The fourth-order valence-electron chi connectivity index (χ4n) is 2.04. The summed E-state index contributed by atoms with van der Waals surface area (Å²) in [6, 6.07) is 23.3. The van der Waals surface area contributed by atoms with Gasteiger partial charge < -0.3 is 0 Å². The number of hydrogen-bond donors (Lipinski definition) is 0. The molecule has 0 saturated carbocycles. The van der Waals surface area contributed by atoms with E-state index in [2.05, 4.69) is 76.6 Å². The summed E-state index contributed by atoms with van der Waals surface area (Å²) in [5.41, 5.74) is 2.51. The predicted molar refractivity (Wildman–Crippen MR) is 77.1 cm³/mol. The Bertz CT molecular complexity index is 657. The molecule has 0 bridgehead atoms. The van der Waals surface area contributed by atoms with E-state index in [4.69, 9.17) is 0 Å². The van der Waals surface area contributed by atoms with E-state index in [-0.39, 0.29) is 0 Å². The van der Waals surface area contributed by atoms with E-state index in [0.717, 1.165) is 4.47 Å². The molecule has 3 aromatic carbocycles. The van der Waals surface area contributed by atoms with Gasteiger partial charge in [0.15, 0.2) is 0 Å². The molecule has 3 aromatic rings. The van der Waals surface area contributed by atoms with Crippen molar-refractivity contribution >= 4 is 26.7 Å². The van der Waals surface area contributed by atoms with Crippen molar-refractivity contribution in [1.82, 2.24) is 0 Å². The number of hydrogen-bond acceptors (Lipinski definition) is 0. The van der Waals surface area contributed by atoms with Crippen LogP contribution in [0.4, 0.5) is 0 Å². The summed E-state index contributed by atoms with van der Waals surface area (Å²) < 4.78 is 1.15. The zero-order valence-corrected chi connectivity index (χ0v) is 10.8. The van der Waals surface area contributed by atoms with E-state index in [0.29, 0.717) is 0 Å². The summed E-state index contributed by atoms with van der Waals surface area (Å²) in [4.78, 5) is 0. The fourth-order valence-corrected chi connectivity index (χ4v) is 2.54. The fraction of sp³-hybridized carbons (Fsp3) is 0. The van der Waals surface area contributed by atoms with E-state index >= 15 is 0 Å². The number of halogens is 1. The minimum Gasteiger partial charge on any atom is -0.0622 e. The van der Waals surface area contributed by atoms with Gasteiger partial charge in [-0.1, -0.05) is 70.5 Å². The highest BCUT2D eigenvalue weighted by Crippen LogP contribution is 2.28. The maximum atomic E-state index is 3.60. The second-order valence-corrected chi connectivity index (χ2v) is 4.90. The lowest BCUT2D eigenvalue weighted by Crippen LogP contribution is -1.79. The number of benzene rings is 3. The van der Waals surface area contributed by atoms with Crippen LogP contribution in [-0.4, -0.2) is 0 Å². The van der Waals surface area contributed by atoms with Crippen LogP contribution in [0.2, 0.25) is 0 Å². The van der Waals surface area contributed by atoms with Crippen molar-refractivity contribution < 1.29 is 0 Å². The Kier molecular flexibility index (Phi) is 2.69. The lowest BCUT2D eigenvalue weighted by molar-refractivity contribution is 1.63. The quantitative estimate of drug-likeness (QED) is 0.570. The minimum absolute atomic E-state index is 1.15. The molecule has 0 atom stereocenters. The first-order valence-electron chi connectivity index (χ1n) is 5.58. The van der Waals surface area contributed by atoms with Crippen molar-refractivity contribution in [3.05, 3.63) is 71.2 Å². The Morgan fingerprint density at radius 2 is 1.47 bits per heavy atom. The largest absolute Gasteiger partial charge is 0.0622 e. The topological polar surface area (TPSA) is 0 Å². The molecule has 0 aromatic heterocycles. The summed E-state index contributed by atoms with van der Waals surface area (Å²) in [6.07, 6.45) is 0. The van der Waals surface area contributed by atoms with Crippen LogP contribution in [0.3, 0.4) is 0 Å². The average Bonchev–Trinajstić information content (AvgIpc) is 2.40. The molecule has 0 spiro atoms. The van der Waals surface area contributed by atoms with Crippen molar-refractivity contribution in [1.29, 1.82) is 0 Å². The van der Waals surface area contributed by atoms with E-state index in [9.17, 15) is 0 Å². The molecule has 1 heteroatoms. The lowest BCUT2D eigenvalue weighted by Gasteiger charge is -2.05. The van der Waals surface area contributed by atoms with Gasteiger partial charge in [0.05, 0.1) is 0 Å². The Hall–Kier alpha value is -1.60. The first-order valence-corrected chi connectivity index (χ1v) is 6.37. The highest BCUT2D eigenvalue weighted by atomic mass is 79.9. The highest BCUT2D eigenvalue weighted by molar-refractivity contribution is 9.10. The van der Waals surface area contributed by atoms with E-state index in [1.54, 1.807) is 0 Å². The summed E-state index contributed by atoms with van der Waals surface area (Å²) in [7, 11) is 0. The second kappa shape index (κ2) is 4.34. The third-order valence-corrected chi connectivity index (χ3v) is 3.63. The molecule has 0 amide bonds. The molecular weight excluding hydrogens is 272 g/mol. The Morgan fingerprint density at radius 1 is 0.647 bits per heavy atom. The molecule has 0 aliphatic rings. The number of fused-ring (bicyclic) bond motifs is 1. The third kappa shape index (κ3) is 1.98. The van der Waals surface area contributed by atoms with E-state index in [1.165, 1.54) is 21.9 Å². The third-order valence-electron chi connectivity index (χ3n) is 2.94. The van der Waals surface area contributed by atoms with Crippen molar-refractivity contribution in [2.75, 3.05) is 0 Å². The Balaban J connectivity index is 2.23. The molecule has 0 unspecified atom stereocenters. The smallest absolute Gasteiger partial charge is 0.0253 e. The normalized spacial score (nSPS) is 10.6. The van der Waals surface area contributed by atoms with Crippen LogP contribution in [0, 0.1) is 0 Å². The maximum absolute atomic E-state index is 3.60. The van der Waals surface area contributed by atoms with Gasteiger partial charge in [-0.25, -0.2) is 0 Å². The van der Waals surface area contributed by atoms with E-state index < -0.39 is 0 Å². The molecule has 82 valence electrons. The van der Waals surface area contributed by atoms with Crippen molar-refractivity contribution in [2.45, 2.75) is 0 Å².